The Hall–Kier alpha value is -1.04. The lowest BCUT2D eigenvalue weighted by atomic mass is 9.84. The molecule has 1 aromatic rings. The highest BCUT2D eigenvalue weighted by Crippen LogP contribution is 2.35. The first kappa shape index (κ1) is 14.4. The third-order valence-electron chi connectivity index (χ3n) is 3.90. The highest BCUT2D eigenvalue weighted by atomic mass is 32.2. The number of thioether (sulfide) groups is 1. The van der Waals surface area contributed by atoms with E-state index in [1.165, 1.54) is 43.9 Å². The Bertz CT molecular complexity index is 441. The molecule has 0 radical (unpaired) electrons. The Morgan fingerprint density at radius 1 is 1.42 bits per heavy atom. The highest BCUT2D eigenvalue weighted by molar-refractivity contribution is 7.99. The molecule has 0 saturated heterocycles. The summed E-state index contributed by atoms with van der Waals surface area (Å²) in [6.45, 7) is 4.15. The number of carboxylic acids is 1. The number of aliphatic carboxylic acids is 1. The van der Waals surface area contributed by atoms with E-state index in [1.807, 2.05) is 6.92 Å². The van der Waals surface area contributed by atoms with Gasteiger partial charge in [-0.1, -0.05) is 31.0 Å². The second kappa shape index (κ2) is 6.41. The Balaban J connectivity index is 2.12. The van der Waals surface area contributed by atoms with Crippen molar-refractivity contribution in [1.82, 2.24) is 14.8 Å². The second-order valence-corrected chi connectivity index (χ2v) is 6.16. The van der Waals surface area contributed by atoms with Crippen LogP contribution in [0.3, 0.4) is 0 Å². The van der Waals surface area contributed by atoms with Crippen LogP contribution < -0.4 is 0 Å². The van der Waals surface area contributed by atoms with Crippen molar-refractivity contribution in [1.29, 1.82) is 0 Å². The van der Waals surface area contributed by atoms with Gasteiger partial charge in [-0.2, -0.15) is 0 Å². The van der Waals surface area contributed by atoms with Gasteiger partial charge in [0.25, 0.3) is 0 Å². The van der Waals surface area contributed by atoms with Gasteiger partial charge in [0, 0.05) is 6.04 Å². The maximum absolute atomic E-state index is 10.7. The van der Waals surface area contributed by atoms with E-state index in [1.54, 1.807) is 0 Å². The van der Waals surface area contributed by atoms with Crippen LogP contribution in [0.25, 0.3) is 0 Å². The second-order valence-electron chi connectivity index (χ2n) is 5.22. The van der Waals surface area contributed by atoms with Crippen LogP contribution in [0.15, 0.2) is 5.16 Å². The van der Waals surface area contributed by atoms with Crippen molar-refractivity contribution in [2.75, 3.05) is 5.75 Å². The first-order chi connectivity index (χ1) is 9.09. The summed E-state index contributed by atoms with van der Waals surface area (Å²) in [4.78, 5) is 10.7. The predicted molar refractivity (Wildman–Crippen MR) is 74.4 cm³/mol. The minimum absolute atomic E-state index is 0.0372. The molecular formula is C13H21N3O2S. The van der Waals surface area contributed by atoms with Gasteiger partial charge < -0.3 is 9.67 Å². The number of carbonyl (C=O) groups is 1. The van der Waals surface area contributed by atoms with Crippen LogP contribution in [0.1, 0.15) is 50.9 Å². The lowest BCUT2D eigenvalue weighted by molar-refractivity contribution is -0.133. The van der Waals surface area contributed by atoms with Gasteiger partial charge in [0.2, 0.25) is 0 Å². The molecule has 0 aliphatic heterocycles. The molecule has 1 heterocycles. The predicted octanol–water partition coefficient (Wildman–Crippen LogP) is 2.90. The van der Waals surface area contributed by atoms with Crippen molar-refractivity contribution in [3.63, 3.8) is 0 Å². The largest absolute Gasteiger partial charge is 0.481 e. The number of hydrogen-bond donors (Lipinski definition) is 1. The topological polar surface area (TPSA) is 68.0 Å². The van der Waals surface area contributed by atoms with Gasteiger partial charge in [0.15, 0.2) is 5.16 Å². The van der Waals surface area contributed by atoms with Gasteiger partial charge >= 0.3 is 5.97 Å². The fourth-order valence-electron chi connectivity index (χ4n) is 2.87. The summed E-state index contributed by atoms with van der Waals surface area (Å²) in [5.41, 5.74) is 0. The van der Waals surface area contributed by atoms with E-state index in [-0.39, 0.29) is 5.75 Å². The van der Waals surface area contributed by atoms with Crippen LogP contribution in [-0.4, -0.2) is 31.6 Å². The molecule has 2 rings (SSSR count). The minimum atomic E-state index is -0.817. The first-order valence-electron chi connectivity index (χ1n) is 6.85. The number of carboxylic acid groups (broad SMARTS) is 1. The zero-order valence-corrected chi connectivity index (χ0v) is 12.3. The smallest absolute Gasteiger partial charge is 0.313 e. The molecule has 106 valence electrons. The molecule has 19 heavy (non-hydrogen) atoms. The van der Waals surface area contributed by atoms with Crippen molar-refractivity contribution in [3.8, 4) is 0 Å². The van der Waals surface area contributed by atoms with E-state index < -0.39 is 5.97 Å². The Kier molecular flexibility index (Phi) is 4.85. The molecule has 0 bridgehead atoms. The van der Waals surface area contributed by atoms with Crippen molar-refractivity contribution >= 4 is 17.7 Å². The van der Waals surface area contributed by atoms with Crippen molar-refractivity contribution < 1.29 is 9.90 Å². The molecule has 1 atom stereocenters. The third-order valence-corrected chi connectivity index (χ3v) is 4.83. The van der Waals surface area contributed by atoms with E-state index in [0.29, 0.717) is 12.0 Å². The normalized spacial score (nSPS) is 18.4. The van der Waals surface area contributed by atoms with Gasteiger partial charge in [-0.25, -0.2) is 0 Å². The summed E-state index contributed by atoms with van der Waals surface area (Å²) in [5.74, 6) is 0.760. The number of hydrogen-bond acceptors (Lipinski definition) is 4. The SMILES string of the molecule is Cc1nnc(SCC(=O)O)n1C(C)C1CCCCC1. The van der Waals surface area contributed by atoms with Crippen molar-refractivity contribution in [2.24, 2.45) is 5.92 Å². The molecule has 6 heteroatoms. The zero-order valence-electron chi connectivity index (χ0n) is 11.5. The van der Waals surface area contributed by atoms with Gasteiger partial charge in [0.1, 0.15) is 5.82 Å². The molecule has 1 unspecified atom stereocenters. The highest BCUT2D eigenvalue weighted by Gasteiger charge is 2.25. The molecule has 1 aliphatic rings. The lowest BCUT2D eigenvalue weighted by Crippen LogP contribution is -2.21. The molecule has 1 fully saturated rings. The van der Waals surface area contributed by atoms with Gasteiger partial charge in [-0.3, -0.25) is 4.79 Å². The van der Waals surface area contributed by atoms with E-state index in [4.69, 9.17) is 5.11 Å². The number of aryl methyl sites for hydroxylation is 1. The molecule has 0 spiro atoms. The van der Waals surface area contributed by atoms with E-state index >= 15 is 0 Å². The molecule has 0 aromatic carbocycles. The summed E-state index contributed by atoms with van der Waals surface area (Å²) in [7, 11) is 0. The fraction of sp³-hybridized carbons (Fsp3) is 0.769. The molecule has 1 aromatic heterocycles. The molecule has 5 nitrogen and oxygen atoms in total. The van der Waals surface area contributed by atoms with Crippen LogP contribution in [0.5, 0.6) is 0 Å². The van der Waals surface area contributed by atoms with Crippen molar-refractivity contribution in [2.45, 2.75) is 57.1 Å². The Morgan fingerprint density at radius 3 is 2.74 bits per heavy atom. The lowest BCUT2D eigenvalue weighted by Gasteiger charge is -2.29. The Labute approximate surface area is 117 Å². The van der Waals surface area contributed by atoms with E-state index in [0.717, 1.165) is 11.0 Å². The minimum Gasteiger partial charge on any atom is -0.481 e. The summed E-state index contributed by atoms with van der Waals surface area (Å²) >= 11 is 1.26. The van der Waals surface area contributed by atoms with Gasteiger partial charge in [-0.15, -0.1) is 10.2 Å². The van der Waals surface area contributed by atoms with Crippen molar-refractivity contribution in [3.05, 3.63) is 5.82 Å². The van der Waals surface area contributed by atoms with Crippen LogP contribution in [-0.2, 0) is 4.79 Å². The van der Waals surface area contributed by atoms with Crippen LogP contribution in [0.4, 0.5) is 0 Å². The summed E-state index contributed by atoms with van der Waals surface area (Å²) in [6, 6.07) is 0.353. The Morgan fingerprint density at radius 2 is 2.11 bits per heavy atom. The number of aromatic nitrogens is 3. The zero-order chi connectivity index (χ0) is 13.8. The van der Waals surface area contributed by atoms with Gasteiger partial charge in [-0.05, 0) is 32.6 Å². The van der Waals surface area contributed by atoms with E-state index in [2.05, 4.69) is 21.7 Å². The van der Waals surface area contributed by atoms with Crippen LogP contribution in [0, 0.1) is 12.8 Å². The quantitative estimate of drug-likeness (QED) is 0.841. The number of nitrogens with zero attached hydrogens (tertiary/aromatic N) is 3. The average molecular weight is 283 g/mol. The maximum Gasteiger partial charge on any atom is 0.313 e. The monoisotopic (exact) mass is 283 g/mol. The van der Waals surface area contributed by atoms with Gasteiger partial charge in [0.05, 0.1) is 5.75 Å². The summed E-state index contributed by atoms with van der Waals surface area (Å²) in [6.07, 6.45) is 6.44. The molecule has 1 N–H and O–H groups in total. The standard InChI is InChI=1S/C13H21N3O2S/c1-9(11-6-4-3-5-7-11)16-10(2)14-15-13(16)19-8-12(17)18/h9,11H,3-8H2,1-2H3,(H,17,18). The maximum atomic E-state index is 10.7. The summed E-state index contributed by atoms with van der Waals surface area (Å²) < 4.78 is 2.11. The fourth-order valence-corrected chi connectivity index (χ4v) is 3.66. The molecule has 0 amide bonds. The molecule has 1 aliphatic carbocycles. The summed E-state index contributed by atoms with van der Waals surface area (Å²) in [5, 5.41) is 17.7. The molecule has 1 saturated carbocycles. The van der Waals surface area contributed by atoms with Crippen LogP contribution in [0.2, 0.25) is 0 Å². The molecular weight excluding hydrogens is 262 g/mol. The average Bonchev–Trinajstić information content (AvgIpc) is 2.78. The van der Waals surface area contributed by atoms with Crippen LogP contribution >= 0.6 is 11.8 Å². The van der Waals surface area contributed by atoms with E-state index in [9.17, 15) is 4.79 Å². The first-order valence-corrected chi connectivity index (χ1v) is 7.84. The number of rotatable bonds is 5. The third kappa shape index (κ3) is 3.49.